The van der Waals surface area contributed by atoms with Crippen LogP contribution in [0, 0.1) is 21.4 Å². The molecule has 0 spiro atoms. The van der Waals surface area contributed by atoms with Gasteiger partial charge in [0.15, 0.2) is 0 Å². The molecule has 0 heterocycles. The third-order valence-electron chi connectivity index (χ3n) is 2.83. The van der Waals surface area contributed by atoms with Gasteiger partial charge in [-0.3, -0.25) is 10.1 Å². The first-order valence-electron chi connectivity index (χ1n) is 6.11. The first-order valence-corrected chi connectivity index (χ1v) is 6.49. The van der Waals surface area contributed by atoms with Crippen molar-refractivity contribution in [2.75, 3.05) is 0 Å². The molecule has 110 valence electrons. The van der Waals surface area contributed by atoms with Crippen LogP contribution in [-0.2, 0) is 11.3 Å². The van der Waals surface area contributed by atoms with E-state index in [0.29, 0.717) is 11.1 Å². The topological polar surface area (TPSA) is 93.2 Å². The smallest absolute Gasteiger partial charge is 0.345 e. The van der Waals surface area contributed by atoms with Gasteiger partial charge in [-0.15, -0.1) is 0 Å². The number of benzene rings is 2. The number of hydrogen-bond acceptors (Lipinski definition) is 5. The standard InChI is InChI=1S/C15H9ClN2O4/c16-12-5-6-14(18(20)21)13(7-12)15(19)22-9-11-3-1-10(8-17)2-4-11/h1-7H,9H2. The van der Waals surface area contributed by atoms with E-state index >= 15 is 0 Å². The van der Waals surface area contributed by atoms with Gasteiger partial charge in [0.1, 0.15) is 12.2 Å². The van der Waals surface area contributed by atoms with Gasteiger partial charge in [-0.05, 0) is 29.8 Å². The molecule has 0 saturated heterocycles. The average Bonchev–Trinajstić information content (AvgIpc) is 2.52. The van der Waals surface area contributed by atoms with Crippen molar-refractivity contribution in [3.63, 3.8) is 0 Å². The summed E-state index contributed by atoms with van der Waals surface area (Å²) >= 11 is 5.76. The number of nitro benzene ring substituents is 1. The molecule has 0 aliphatic rings. The van der Waals surface area contributed by atoms with Gasteiger partial charge in [-0.2, -0.15) is 5.26 Å². The first kappa shape index (κ1) is 15.5. The lowest BCUT2D eigenvalue weighted by atomic mass is 10.1. The summed E-state index contributed by atoms with van der Waals surface area (Å²) < 4.78 is 5.05. The average molecular weight is 317 g/mol. The van der Waals surface area contributed by atoms with Crippen LogP contribution < -0.4 is 0 Å². The van der Waals surface area contributed by atoms with Gasteiger partial charge in [0, 0.05) is 11.1 Å². The van der Waals surface area contributed by atoms with Crippen LogP contribution in [0.5, 0.6) is 0 Å². The Morgan fingerprint density at radius 1 is 1.27 bits per heavy atom. The maximum absolute atomic E-state index is 12.0. The Balaban J connectivity index is 2.13. The third-order valence-corrected chi connectivity index (χ3v) is 3.06. The van der Waals surface area contributed by atoms with Crippen LogP contribution in [0.4, 0.5) is 5.69 Å². The maximum Gasteiger partial charge on any atom is 0.345 e. The van der Waals surface area contributed by atoms with Crippen molar-refractivity contribution in [1.82, 2.24) is 0 Å². The van der Waals surface area contributed by atoms with E-state index in [0.717, 1.165) is 6.07 Å². The fourth-order valence-electron chi connectivity index (χ4n) is 1.73. The van der Waals surface area contributed by atoms with Gasteiger partial charge in [0.05, 0.1) is 16.6 Å². The highest BCUT2D eigenvalue weighted by Crippen LogP contribution is 2.23. The summed E-state index contributed by atoms with van der Waals surface area (Å²) in [6.07, 6.45) is 0. The Morgan fingerprint density at radius 3 is 2.55 bits per heavy atom. The van der Waals surface area contributed by atoms with Crippen molar-refractivity contribution >= 4 is 23.3 Å². The van der Waals surface area contributed by atoms with E-state index in [9.17, 15) is 14.9 Å². The van der Waals surface area contributed by atoms with Crippen LogP contribution in [-0.4, -0.2) is 10.9 Å². The molecule has 0 radical (unpaired) electrons. The number of carbonyl (C=O) groups is 1. The second kappa shape index (κ2) is 6.70. The molecule has 2 rings (SSSR count). The van der Waals surface area contributed by atoms with Gasteiger partial charge in [-0.25, -0.2) is 4.79 Å². The molecule has 0 aliphatic heterocycles. The molecular weight excluding hydrogens is 308 g/mol. The summed E-state index contributed by atoms with van der Waals surface area (Å²) in [6, 6.07) is 12.1. The lowest BCUT2D eigenvalue weighted by molar-refractivity contribution is -0.385. The zero-order valence-electron chi connectivity index (χ0n) is 11.2. The molecule has 0 saturated carbocycles. The molecule has 0 aliphatic carbocycles. The Hall–Kier alpha value is -2.91. The number of nitriles is 1. The molecule has 22 heavy (non-hydrogen) atoms. The Kier molecular flexibility index (Phi) is 4.71. The Labute approximate surface area is 130 Å². The summed E-state index contributed by atoms with van der Waals surface area (Å²) in [5.74, 6) is -0.835. The molecule has 0 unspecified atom stereocenters. The van der Waals surface area contributed by atoms with Crippen molar-refractivity contribution in [3.05, 3.63) is 74.3 Å². The molecule has 0 N–H and O–H groups in total. The zero-order valence-corrected chi connectivity index (χ0v) is 11.9. The van der Waals surface area contributed by atoms with Gasteiger partial charge < -0.3 is 4.74 Å². The van der Waals surface area contributed by atoms with E-state index in [2.05, 4.69) is 0 Å². The largest absolute Gasteiger partial charge is 0.457 e. The quantitative estimate of drug-likeness (QED) is 0.489. The van der Waals surface area contributed by atoms with E-state index < -0.39 is 10.9 Å². The van der Waals surface area contributed by atoms with Crippen molar-refractivity contribution in [2.24, 2.45) is 0 Å². The third kappa shape index (κ3) is 3.59. The monoisotopic (exact) mass is 316 g/mol. The van der Waals surface area contributed by atoms with E-state index in [1.54, 1.807) is 24.3 Å². The highest BCUT2D eigenvalue weighted by atomic mass is 35.5. The molecule has 6 nitrogen and oxygen atoms in total. The summed E-state index contributed by atoms with van der Waals surface area (Å²) in [4.78, 5) is 22.2. The summed E-state index contributed by atoms with van der Waals surface area (Å²) in [5, 5.41) is 19.8. The number of nitrogens with zero attached hydrogens (tertiary/aromatic N) is 2. The number of hydrogen-bond donors (Lipinski definition) is 0. The summed E-state index contributed by atoms with van der Waals surface area (Å²) in [7, 11) is 0. The van der Waals surface area contributed by atoms with Gasteiger partial charge >= 0.3 is 5.97 Å². The van der Waals surface area contributed by atoms with Crippen LogP contribution in [0.2, 0.25) is 5.02 Å². The van der Waals surface area contributed by atoms with E-state index in [-0.39, 0.29) is 22.9 Å². The minimum atomic E-state index is -0.835. The number of nitro groups is 1. The SMILES string of the molecule is N#Cc1ccc(COC(=O)c2cc(Cl)ccc2[N+](=O)[O-])cc1. The van der Waals surface area contributed by atoms with Crippen LogP contribution >= 0.6 is 11.6 Å². The zero-order chi connectivity index (χ0) is 16.1. The molecule has 0 amide bonds. The molecule has 0 aromatic heterocycles. The van der Waals surface area contributed by atoms with E-state index in [1.807, 2.05) is 6.07 Å². The summed E-state index contributed by atoms with van der Waals surface area (Å²) in [6.45, 7) is -0.0613. The fraction of sp³-hybridized carbons (Fsp3) is 0.0667. The van der Waals surface area contributed by atoms with Crippen molar-refractivity contribution in [2.45, 2.75) is 6.61 Å². The minimum Gasteiger partial charge on any atom is -0.457 e. The van der Waals surface area contributed by atoms with E-state index in [1.165, 1.54) is 12.1 Å². The molecular formula is C15H9ClN2O4. The second-order valence-electron chi connectivity index (χ2n) is 4.30. The highest BCUT2D eigenvalue weighted by molar-refractivity contribution is 6.31. The number of esters is 1. The van der Waals surface area contributed by atoms with Crippen LogP contribution in [0.3, 0.4) is 0 Å². The van der Waals surface area contributed by atoms with E-state index in [4.69, 9.17) is 21.6 Å². The Morgan fingerprint density at radius 2 is 1.95 bits per heavy atom. The molecule has 0 bridgehead atoms. The number of halogens is 1. The number of carbonyl (C=O) groups excluding carboxylic acids is 1. The lowest BCUT2D eigenvalue weighted by Crippen LogP contribution is -2.08. The molecule has 0 fully saturated rings. The molecule has 2 aromatic rings. The normalized spacial score (nSPS) is 9.82. The molecule has 2 aromatic carbocycles. The van der Waals surface area contributed by atoms with Crippen molar-refractivity contribution in [1.29, 1.82) is 5.26 Å². The fourth-order valence-corrected chi connectivity index (χ4v) is 1.91. The van der Waals surface area contributed by atoms with Gasteiger partial charge in [-0.1, -0.05) is 23.7 Å². The van der Waals surface area contributed by atoms with Gasteiger partial charge in [0.2, 0.25) is 0 Å². The van der Waals surface area contributed by atoms with Crippen LogP contribution in [0.25, 0.3) is 0 Å². The van der Waals surface area contributed by atoms with Crippen LogP contribution in [0.15, 0.2) is 42.5 Å². The number of ether oxygens (including phenoxy) is 1. The van der Waals surface area contributed by atoms with Crippen molar-refractivity contribution in [3.8, 4) is 6.07 Å². The van der Waals surface area contributed by atoms with Crippen LogP contribution in [0.1, 0.15) is 21.5 Å². The molecule has 7 heteroatoms. The van der Waals surface area contributed by atoms with Crippen molar-refractivity contribution < 1.29 is 14.5 Å². The summed E-state index contributed by atoms with van der Waals surface area (Å²) in [5.41, 5.74) is 0.581. The first-order chi connectivity index (χ1) is 10.5. The highest BCUT2D eigenvalue weighted by Gasteiger charge is 2.21. The van der Waals surface area contributed by atoms with Gasteiger partial charge in [0.25, 0.3) is 5.69 Å². The Bertz CT molecular complexity index is 766. The second-order valence-corrected chi connectivity index (χ2v) is 4.74. The predicted octanol–water partition coefficient (Wildman–Crippen LogP) is 3.48. The lowest BCUT2D eigenvalue weighted by Gasteiger charge is -2.06. The number of rotatable bonds is 4. The minimum absolute atomic E-state index is 0.0613. The maximum atomic E-state index is 12.0. The molecule has 0 atom stereocenters. The predicted molar refractivity (Wildman–Crippen MR) is 78.4 cm³/mol.